The Morgan fingerprint density at radius 3 is 2.83 bits per heavy atom. The molecule has 2 N–H and O–H groups in total. The van der Waals surface area contributed by atoms with Crippen molar-refractivity contribution in [1.82, 2.24) is 4.98 Å². The fraction of sp³-hybridized carbons (Fsp3) is 0.444. The van der Waals surface area contributed by atoms with E-state index in [1.165, 1.54) is 5.56 Å². The number of nitrogens with one attached hydrogen (secondary N) is 1. The van der Waals surface area contributed by atoms with Crippen molar-refractivity contribution in [3.05, 3.63) is 23.4 Å². The summed E-state index contributed by atoms with van der Waals surface area (Å²) < 4.78 is 0. The van der Waals surface area contributed by atoms with Crippen molar-refractivity contribution in [2.24, 2.45) is 0 Å². The molecule has 0 unspecified atom stereocenters. The lowest BCUT2D eigenvalue weighted by Gasteiger charge is -2.05. The molecule has 0 aromatic carbocycles. The maximum Gasteiger partial charge on any atom is 0.125 e. The van der Waals surface area contributed by atoms with Gasteiger partial charge in [-0.05, 0) is 30.5 Å². The number of hydrogen-bond donors (Lipinski definition) is 2. The fourth-order valence-corrected chi connectivity index (χ4v) is 1.10. The van der Waals surface area contributed by atoms with Gasteiger partial charge in [0.25, 0.3) is 0 Å². The summed E-state index contributed by atoms with van der Waals surface area (Å²) in [5.74, 6) is 0.870. The topological polar surface area (TPSA) is 45.1 Å². The van der Waals surface area contributed by atoms with Crippen molar-refractivity contribution < 1.29 is 5.11 Å². The largest absolute Gasteiger partial charge is 0.396 e. The van der Waals surface area contributed by atoms with Gasteiger partial charge >= 0.3 is 0 Å². The Morgan fingerprint density at radius 2 is 2.33 bits per heavy atom. The van der Waals surface area contributed by atoms with E-state index in [1.54, 1.807) is 6.20 Å². The summed E-state index contributed by atoms with van der Waals surface area (Å²) in [5.41, 5.74) is 2.28. The van der Waals surface area contributed by atoms with Gasteiger partial charge in [-0.3, -0.25) is 0 Å². The van der Waals surface area contributed by atoms with Crippen LogP contribution in [-0.4, -0.2) is 23.7 Å². The van der Waals surface area contributed by atoms with E-state index in [0.717, 1.165) is 11.4 Å². The van der Waals surface area contributed by atoms with E-state index in [0.29, 0.717) is 6.42 Å². The van der Waals surface area contributed by atoms with Crippen LogP contribution in [0.25, 0.3) is 0 Å². The van der Waals surface area contributed by atoms with E-state index < -0.39 is 0 Å². The first kappa shape index (κ1) is 9.00. The lowest BCUT2D eigenvalue weighted by atomic mass is 10.1. The lowest BCUT2D eigenvalue weighted by Crippen LogP contribution is -1.98. The Bertz CT molecular complexity index is 261. The molecule has 0 saturated carbocycles. The molecule has 0 atom stereocenters. The summed E-state index contributed by atoms with van der Waals surface area (Å²) in [7, 11) is 1.84. The van der Waals surface area contributed by atoms with Crippen molar-refractivity contribution in [3.63, 3.8) is 0 Å². The van der Waals surface area contributed by atoms with E-state index >= 15 is 0 Å². The van der Waals surface area contributed by atoms with Crippen LogP contribution in [0, 0.1) is 6.92 Å². The van der Waals surface area contributed by atoms with Crippen LogP contribution >= 0.6 is 0 Å². The normalized spacial score (nSPS) is 9.92. The predicted molar refractivity (Wildman–Crippen MR) is 49.3 cm³/mol. The van der Waals surface area contributed by atoms with Crippen LogP contribution in [0.2, 0.25) is 0 Å². The molecule has 3 heteroatoms. The molecule has 12 heavy (non-hydrogen) atoms. The summed E-state index contributed by atoms with van der Waals surface area (Å²) in [6, 6.07) is 1.98. The number of anilines is 1. The number of pyridine rings is 1. The first-order valence-electron chi connectivity index (χ1n) is 4.02. The molecule has 0 aliphatic carbocycles. The average molecular weight is 166 g/mol. The van der Waals surface area contributed by atoms with Gasteiger partial charge in [-0.15, -0.1) is 0 Å². The highest BCUT2D eigenvalue weighted by molar-refractivity contribution is 5.39. The molecule has 0 radical (unpaired) electrons. The fourth-order valence-electron chi connectivity index (χ4n) is 1.10. The number of nitrogens with zero attached hydrogens (tertiary/aromatic N) is 1. The standard InChI is InChI=1S/C9H14N2O/c1-7-5-9(10-2)11-6-8(7)3-4-12/h5-6,12H,3-4H2,1-2H3,(H,10,11). The minimum atomic E-state index is 0.182. The summed E-state index contributed by atoms with van der Waals surface area (Å²) in [4.78, 5) is 4.15. The minimum Gasteiger partial charge on any atom is -0.396 e. The second-order valence-electron chi connectivity index (χ2n) is 2.72. The highest BCUT2D eigenvalue weighted by Gasteiger charge is 1.98. The summed E-state index contributed by atoms with van der Waals surface area (Å²) in [6.45, 7) is 2.20. The van der Waals surface area contributed by atoms with Gasteiger partial charge in [0.15, 0.2) is 0 Å². The molecule has 1 aromatic heterocycles. The van der Waals surface area contributed by atoms with Gasteiger partial charge < -0.3 is 10.4 Å². The van der Waals surface area contributed by atoms with E-state index in [-0.39, 0.29) is 6.61 Å². The minimum absolute atomic E-state index is 0.182. The smallest absolute Gasteiger partial charge is 0.125 e. The van der Waals surface area contributed by atoms with Crippen LogP contribution in [0.4, 0.5) is 5.82 Å². The van der Waals surface area contributed by atoms with Crippen molar-refractivity contribution in [2.75, 3.05) is 19.0 Å². The second-order valence-corrected chi connectivity index (χ2v) is 2.72. The molecule has 0 saturated heterocycles. The molecule has 0 fully saturated rings. The Balaban J connectivity index is 2.87. The molecule has 1 rings (SSSR count). The number of aromatic nitrogens is 1. The summed E-state index contributed by atoms with van der Waals surface area (Å²) in [6.07, 6.45) is 2.49. The van der Waals surface area contributed by atoms with Gasteiger partial charge in [-0.25, -0.2) is 4.98 Å². The number of aryl methyl sites for hydroxylation is 1. The van der Waals surface area contributed by atoms with Crippen molar-refractivity contribution in [1.29, 1.82) is 0 Å². The third-order valence-corrected chi connectivity index (χ3v) is 1.86. The highest BCUT2D eigenvalue weighted by Crippen LogP contribution is 2.11. The van der Waals surface area contributed by atoms with Gasteiger partial charge in [-0.2, -0.15) is 0 Å². The van der Waals surface area contributed by atoms with Crippen molar-refractivity contribution in [2.45, 2.75) is 13.3 Å². The lowest BCUT2D eigenvalue weighted by molar-refractivity contribution is 0.299. The molecule has 0 aliphatic heterocycles. The van der Waals surface area contributed by atoms with Crippen LogP contribution in [0.15, 0.2) is 12.3 Å². The van der Waals surface area contributed by atoms with Gasteiger partial charge in [0, 0.05) is 19.9 Å². The Morgan fingerprint density at radius 1 is 1.58 bits per heavy atom. The molecular formula is C9H14N2O. The van der Waals surface area contributed by atoms with Crippen molar-refractivity contribution >= 4 is 5.82 Å². The van der Waals surface area contributed by atoms with Gasteiger partial charge in [0.2, 0.25) is 0 Å². The third-order valence-electron chi connectivity index (χ3n) is 1.86. The molecule has 0 bridgehead atoms. The first-order chi connectivity index (χ1) is 5.77. The molecule has 3 nitrogen and oxygen atoms in total. The Labute approximate surface area is 72.5 Å². The average Bonchev–Trinajstić information content (AvgIpc) is 2.09. The van der Waals surface area contributed by atoms with Gasteiger partial charge in [0.1, 0.15) is 5.82 Å². The van der Waals surface area contributed by atoms with E-state index in [9.17, 15) is 0 Å². The second kappa shape index (κ2) is 4.07. The molecular weight excluding hydrogens is 152 g/mol. The number of aliphatic hydroxyl groups is 1. The molecule has 1 heterocycles. The van der Waals surface area contributed by atoms with E-state index in [4.69, 9.17) is 5.11 Å². The molecule has 0 spiro atoms. The zero-order chi connectivity index (χ0) is 8.97. The zero-order valence-corrected chi connectivity index (χ0v) is 7.46. The molecule has 0 amide bonds. The first-order valence-corrected chi connectivity index (χ1v) is 4.02. The quantitative estimate of drug-likeness (QED) is 0.703. The van der Waals surface area contributed by atoms with E-state index in [1.807, 2.05) is 20.0 Å². The van der Waals surface area contributed by atoms with E-state index in [2.05, 4.69) is 10.3 Å². The molecule has 0 aliphatic rings. The Kier molecular flexibility index (Phi) is 3.05. The van der Waals surface area contributed by atoms with Crippen LogP contribution in [0.5, 0.6) is 0 Å². The number of rotatable bonds is 3. The maximum absolute atomic E-state index is 8.73. The molecule has 1 aromatic rings. The SMILES string of the molecule is CNc1cc(C)c(CCO)cn1. The summed E-state index contributed by atoms with van der Waals surface area (Å²) >= 11 is 0. The predicted octanol–water partition coefficient (Wildman–Crippen LogP) is 0.967. The zero-order valence-electron chi connectivity index (χ0n) is 7.46. The monoisotopic (exact) mass is 166 g/mol. The highest BCUT2D eigenvalue weighted by atomic mass is 16.2. The number of aliphatic hydroxyl groups excluding tert-OH is 1. The van der Waals surface area contributed by atoms with Gasteiger partial charge in [-0.1, -0.05) is 0 Å². The third kappa shape index (κ3) is 1.95. The summed E-state index contributed by atoms with van der Waals surface area (Å²) in [5, 5.41) is 11.7. The number of hydrogen-bond acceptors (Lipinski definition) is 3. The maximum atomic E-state index is 8.73. The van der Waals surface area contributed by atoms with Crippen LogP contribution in [0.1, 0.15) is 11.1 Å². The van der Waals surface area contributed by atoms with Crippen molar-refractivity contribution in [3.8, 4) is 0 Å². The Hall–Kier alpha value is -1.09. The van der Waals surface area contributed by atoms with Gasteiger partial charge in [0.05, 0.1) is 0 Å². The van der Waals surface area contributed by atoms with Crippen LogP contribution in [0.3, 0.4) is 0 Å². The van der Waals surface area contributed by atoms with Crippen LogP contribution in [-0.2, 0) is 6.42 Å². The van der Waals surface area contributed by atoms with Crippen LogP contribution < -0.4 is 5.32 Å². The molecule has 66 valence electrons.